The summed E-state index contributed by atoms with van der Waals surface area (Å²) in [6.07, 6.45) is 1.18. The molecule has 0 aliphatic rings. The fourth-order valence-corrected chi connectivity index (χ4v) is 2.71. The first kappa shape index (κ1) is 12.3. The SMILES string of the molecule is CCCNCc1cscc1-c1ccc(C)cc1. The monoisotopic (exact) mass is 245 g/mol. The predicted octanol–water partition coefficient (Wildman–Crippen LogP) is 4.22. The number of rotatable bonds is 5. The molecule has 2 heteroatoms. The van der Waals surface area contributed by atoms with Gasteiger partial charge in [0.05, 0.1) is 0 Å². The van der Waals surface area contributed by atoms with Crippen molar-refractivity contribution >= 4 is 11.3 Å². The molecule has 1 nitrogen and oxygen atoms in total. The lowest BCUT2D eigenvalue weighted by Gasteiger charge is -2.06. The number of hydrogen-bond acceptors (Lipinski definition) is 2. The van der Waals surface area contributed by atoms with Crippen LogP contribution in [0.25, 0.3) is 11.1 Å². The van der Waals surface area contributed by atoms with Crippen LogP contribution in [0.2, 0.25) is 0 Å². The van der Waals surface area contributed by atoms with Gasteiger partial charge in [-0.2, -0.15) is 11.3 Å². The van der Waals surface area contributed by atoms with Gasteiger partial charge in [0.25, 0.3) is 0 Å². The van der Waals surface area contributed by atoms with E-state index in [2.05, 4.69) is 54.2 Å². The summed E-state index contributed by atoms with van der Waals surface area (Å²) < 4.78 is 0. The van der Waals surface area contributed by atoms with Crippen LogP contribution in [0.5, 0.6) is 0 Å². The Morgan fingerprint density at radius 2 is 1.88 bits per heavy atom. The molecule has 0 bridgehead atoms. The zero-order valence-electron chi connectivity index (χ0n) is 10.5. The van der Waals surface area contributed by atoms with Crippen molar-refractivity contribution in [1.29, 1.82) is 0 Å². The lowest BCUT2D eigenvalue weighted by molar-refractivity contribution is 0.677. The van der Waals surface area contributed by atoms with E-state index in [4.69, 9.17) is 0 Å². The molecule has 0 atom stereocenters. The molecule has 1 aromatic heterocycles. The molecule has 0 aliphatic carbocycles. The minimum atomic E-state index is 0.973. The number of nitrogens with one attached hydrogen (secondary N) is 1. The highest BCUT2D eigenvalue weighted by molar-refractivity contribution is 7.08. The molecule has 90 valence electrons. The third-order valence-corrected chi connectivity index (χ3v) is 3.64. The Morgan fingerprint density at radius 1 is 1.12 bits per heavy atom. The van der Waals surface area contributed by atoms with E-state index in [0.717, 1.165) is 13.1 Å². The summed E-state index contributed by atoms with van der Waals surface area (Å²) in [6, 6.07) is 8.77. The number of benzene rings is 1. The fraction of sp³-hybridized carbons (Fsp3) is 0.333. The summed E-state index contributed by atoms with van der Waals surface area (Å²) in [7, 11) is 0. The van der Waals surface area contributed by atoms with Crippen LogP contribution in [0.4, 0.5) is 0 Å². The van der Waals surface area contributed by atoms with Crippen molar-refractivity contribution in [2.24, 2.45) is 0 Å². The quantitative estimate of drug-likeness (QED) is 0.778. The average Bonchev–Trinajstić information content (AvgIpc) is 2.79. The molecule has 0 saturated carbocycles. The van der Waals surface area contributed by atoms with E-state index in [1.54, 1.807) is 11.3 Å². The van der Waals surface area contributed by atoms with E-state index in [9.17, 15) is 0 Å². The molecular weight excluding hydrogens is 226 g/mol. The topological polar surface area (TPSA) is 12.0 Å². The zero-order chi connectivity index (χ0) is 12.1. The second kappa shape index (κ2) is 5.99. The van der Waals surface area contributed by atoms with E-state index >= 15 is 0 Å². The third kappa shape index (κ3) is 3.18. The Kier molecular flexibility index (Phi) is 4.35. The fourth-order valence-electron chi connectivity index (χ4n) is 1.85. The van der Waals surface area contributed by atoms with Gasteiger partial charge in [0.15, 0.2) is 0 Å². The van der Waals surface area contributed by atoms with E-state index < -0.39 is 0 Å². The minimum absolute atomic E-state index is 0.973. The van der Waals surface area contributed by atoms with Crippen LogP contribution in [0.1, 0.15) is 24.5 Å². The van der Waals surface area contributed by atoms with Gasteiger partial charge in [-0.15, -0.1) is 0 Å². The molecule has 1 heterocycles. The number of aryl methyl sites for hydroxylation is 1. The van der Waals surface area contributed by atoms with Gasteiger partial charge in [0.1, 0.15) is 0 Å². The highest BCUT2D eigenvalue weighted by atomic mass is 32.1. The zero-order valence-corrected chi connectivity index (χ0v) is 11.3. The maximum absolute atomic E-state index is 3.47. The lowest BCUT2D eigenvalue weighted by atomic mass is 10.0. The van der Waals surface area contributed by atoms with Crippen molar-refractivity contribution in [2.75, 3.05) is 6.54 Å². The molecule has 2 rings (SSSR count). The smallest absolute Gasteiger partial charge is 0.0219 e. The van der Waals surface area contributed by atoms with Gasteiger partial charge < -0.3 is 5.32 Å². The van der Waals surface area contributed by atoms with Gasteiger partial charge in [-0.05, 0) is 47.3 Å². The first-order valence-corrected chi connectivity index (χ1v) is 7.08. The van der Waals surface area contributed by atoms with Gasteiger partial charge in [0, 0.05) is 6.54 Å². The molecule has 0 spiro atoms. The van der Waals surface area contributed by atoms with E-state index in [0.29, 0.717) is 0 Å². The average molecular weight is 245 g/mol. The summed E-state index contributed by atoms with van der Waals surface area (Å²) in [5.41, 5.74) is 5.42. The summed E-state index contributed by atoms with van der Waals surface area (Å²) in [6.45, 7) is 6.38. The number of hydrogen-bond donors (Lipinski definition) is 1. The molecule has 0 saturated heterocycles. The highest BCUT2D eigenvalue weighted by Crippen LogP contribution is 2.27. The number of thiophene rings is 1. The molecule has 0 fully saturated rings. The largest absolute Gasteiger partial charge is 0.313 e. The van der Waals surface area contributed by atoms with Crippen molar-refractivity contribution in [3.63, 3.8) is 0 Å². The molecule has 1 aromatic carbocycles. The third-order valence-electron chi connectivity index (χ3n) is 2.85. The van der Waals surface area contributed by atoms with Crippen LogP contribution in [0.15, 0.2) is 35.0 Å². The Bertz CT molecular complexity index is 456. The van der Waals surface area contributed by atoms with Crippen LogP contribution >= 0.6 is 11.3 Å². The summed E-state index contributed by atoms with van der Waals surface area (Å²) in [4.78, 5) is 0. The standard InChI is InChI=1S/C15H19NS/c1-3-8-16-9-14-10-17-11-15(14)13-6-4-12(2)5-7-13/h4-7,10-11,16H,3,8-9H2,1-2H3. The first-order valence-electron chi connectivity index (χ1n) is 6.14. The normalized spacial score (nSPS) is 10.7. The maximum atomic E-state index is 3.47. The summed E-state index contributed by atoms with van der Waals surface area (Å²) in [5, 5.41) is 7.96. The Morgan fingerprint density at radius 3 is 2.59 bits per heavy atom. The van der Waals surface area contributed by atoms with Crippen LogP contribution < -0.4 is 5.32 Å². The summed E-state index contributed by atoms with van der Waals surface area (Å²) >= 11 is 1.78. The Hall–Kier alpha value is -1.12. The molecule has 1 N–H and O–H groups in total. The van der Waals surface area contributed by atoms with Crippen LogP contribution in [0, 0.1) is 6.92 Å². The highest BCUT2D eigenvalue weighted by Gasteiger charge is 2.05. The molecular formula is C15H19NS. The van der Waals surface area contributed by atoms with Crippen LogP contribution in [0.3, 0.4) is 0 Å². The van der Waals surface area contributed by atoms with Crippen molar-refractivity contribution < 1.29 is 0 Å². The molecule has 17 heavy (non-hydrogen) atoms. The predicted molar refractivity (Wildman–Crippen MR) is 76.5 cm³/mol. The Balaban J connectivity index is 2.15. The lowest BCUT2D eigenvalue weighted by Crippen LogP contribution is -2.13. The first-order chi connectivity index (χ1) is 8.31. The van der Waals surface area contributed by atoms with E-state index in [-0.39, 0.29) is 0 Å². The maximum Gasteiger partial charge on any atom is 0.0219 e. The molecule has 2 aromatic rings. The Labute approximate surface area is 108 Å². The van der Waals surface area contributed by atoms with Crippen molar-refractivity contribution in [1.82, 2.24) is 5.32 Å². The van der Waals surface area contributed by atoms with Crippen molar-refractivity contribution in [2.45, 2.75) is 26.8 Å². The van der Waals surface area contributed by atoms with Gasteiger partial charge in [0.2, 0.25) is 0 Å². The van der Waals surface area contributed by atoms with E-state index in [1.165, 1.54) is 28.7 Å². The van der Waals surface area contributed by atoms with Crippen molar-refractivity contribution in [3.8, 4) is 11.1 Å². The van der Waals surface area contributed by atoms with E-state index in [1.807, 2.05) is 0 Å². The van der Waals surface area contributed by atoms with Crippen LogP contribution in [-0.2, 0) is 6.54 Å². The summed E-state index contributed by atoms with van der Waals surface area (Å²) in [5.74, 6) is 0. The van der Waals surface area contributed by atoms with Crippen LogP contribution in [-0.4, -0.2) is 6.54 Å². The molecule has 0 radical (unpaired) electrons. The van der Waals surface area contributed by atoms with Gasteiger partial charge in [-0.1, -0.05) is 36.8 Å². The van der Waals surface area contributed by atoms with Gasteiger partial charge in [-0.3, -0.25) is 0 Å². The molecule has 0 aliphatic heterocycles. The van der Waals surface area contributed by atoms with Gasteiger partial charge in [-0.25, -0.2) is 0 Å². The molecule has 0 unspecified atom stereocenters. The second-order valence-electron chi connectivity index (χ2n) is 4.35. The second-order valence-corrected chi connectivity index (χ2v) is 5.10. The minimum Gasteiger partial charge on any atom is -0.313 e. The van der Waals surface area contributed by atoms with Crippen molar-refractivity contribution in [3.05, 3.63) is 46.2 Å². The molecule has 0 amide bonds. The van der Waals surface area contributed by atoms with Gasteiger partial charge >= 0.3 is 0 Å².